The van der Waals surface area contributed by atoms with Crippen LogP contribution >= 0.6 is 15.9 Å². The lowest BCUT2D eigenvalue weighted by atomic mass is 10.2. The highest BCUT2D eigenvalue weighted by Gasteiger charge is 2.24. The fraction of sp³-hybridized carbons (Fsp3) is 0.643. The predicted octanol–water partition coefficient (Wildman–Crippen LogP) is 2.57. The number of methoxy groups -OCH3 is 1. The van der Waals surface area contributed by atoms with Gasteiger partial charge in [0.15, 0.2) is 0 Å². The number of hydrogen-bond acceptors (Lipinski definition) is 4. The van der Waals surface area contributed by atoms with Crippen LogP contribution in [-0.4, -0.2) is 37.8 Å². The van der Waals surface area contributed by atoms with Crippen LogP contribution in [0.4, 0.5) is 5.82 Å². The van der Waals surface area contributed by atoms with Gasteiger partial charge in [-0.1, -0.05) is 6.92 Å². The van der Waals surface area contributed by atoms with E-state index in [9.17, 15) is 0 Å². The number of halogens is 1. The van der Waals surface area contributed by atoms with Crippen LogP contribution in [0.2, 0.25) is 0 Å². The number of hydrogen-bond donors (Lipinski definition) is 1. The smallest absolute Gasteiger partial charge is 0.133 e. The summed E-state index contributed by atoms with van der Waals surface area (Å²) in [5.74, 6) is 1.09. The van der Waals surface area contributed by atoms with E-state index in [1.165, 1.54) is 5.56 Å². The molecule has 4 nitrogen and oxygen atoms in total. The molecule has 1 saturated heterocycles. The maximum absolute atomic E-state index is 5.43. The van der Waals surface area contributed by atoms with Crippen LogP contribution in [0, 0.1) is 0 Å². The average molecular weight is 328 g/mol. The van der Waals surface area contributed by atoms with Crippen molar-refractivity contribution >= 4 is 21.7 Å². The Morgan fingerprint density at radius 2 is 2.42 bits per heavy atom. The van der Waals surface area contributed by atoms with Gasteiger partial charge in [-0.3, -0.25) is 0 Å². The van der Waals surface area contributed by atoms with Gasteiger partial charge >= 0.3 is 0 Å². The SMILES string of the molecule is CCCNCc1cc(Br)cnc1N1CCC(OC)C1. The molecule has 1 N–H and O–H groups in total. The monoisotopic (exact) mass is 327 g/mol. The van der Waals surface area contributed by atoms with Crippen molar-refractivity contribution in [2.45, 2.75) is 32.4 Å². The standard InChI is InChI=1S/C14H22BrN3O/c1-3-5-16-8-11-7-12(15)9-17-14(11)18-6-4-13(10-18)19-2/h7,9,13,16H,3-6,8,10H2,1-2H3. The minimum absolute atomic E-state index is 0.335. The predicted molar refractivity (Wildman–Crippen MR) is 81.6 cm³/mol. The molecular weight excluding hydrogens is 306 g/mol. The zero-order chi connectivity index (χ0) is 13.7. The molecule has 0 saturated carbocycles. The highest BCUT2D eigenvalue weighted by atomic mass is 79.9. The molecule has 1 aromatic rings. The molecule has 19 heavy (non-hydrogen) atoms. The number of pyridine rings is 1. The van der Waals surface area contributed by atoms with Gasteiger partial charge in [-0.2, -0.15) is 0 Å². The first kappa shape index (κ1) is 14.8. The molecule has 1 unspecified atom stereocenters. The zero-order valence-corrected chi connectivity index (χ0v) is 13.2. The maximum Gasteiger partial charge on any atom is 0.133 e. The van der Waals surface area contributed by atoms with Crippen LogP contribution in [0.15, 0.2) is 16.7 Å². The molecule has 0 radical (unpaired) electrons. The summed E-state index contributed by atoms with van der Waals surface area (Å²) in [7, 11) is 1.78. The van der Waals surface area contributed by atoms with Gasteiger partial charge in [-0.25, -0.2) is 4.98 Å². The van der Waals surface area contributed by atoms with Crippen LogP contribution in [-0.2, 0) is 11.3 Å². The molecule has 0 spiro atoms. The van der Waals surface area contributed by atoms with Crippen LogP contribution in [0.25, 0.3) is 0 Å². The van der Waals surface area contributed by atoms with Gasteiger partial charge < -0.3 is 15.0 Å². The minimum atomic E-state index is 0.335. The van der Waals surface area contributed by atoms with E-state index in [0.29, 0.717) is 6.10 Å². The Morgan fingerprint density at radius 3 is 3.11 bits per heavy atom. The first-order valence-electron chi connectivity index (χ1n) is 6.87. The van der Waals surface area contributed by atoms with Crippen LogP contribution in [0.5, 0.6) is 0 Å². The second kappa shape index (κ2) is 7.22. The molecule has 2 rings (SSSR count). The number of ether oxygens (including phenoxy) is 1. The third-order valence-corrected chi connectivity index (χ3v) is 3.86. The maximum atomic E-state index is 5.43. The number of nitrogens with one attached hydrogen (secondary N) is 1. The highest BCUT2D eigenvalue weighted by Crippen LogP contribution is 2.25. The Labute approximate surface area is 123 Å². The van der Waals surface area contributed by atoms with Crippen LogP contribution in [0.3, 0.4) is 0 Å². The molecule has 0 aromatic carbocycles. The molecule has 1 aliphatic rings. The molecule has 1 aromatic heterocycles. The van der Waals surface area contributed by atoms with E-state index in [1.807, 2.05) is 6.20 Å². The summed E-state index contributed by atoms with van der Waals surface area (Å²) in [5.41, 5.74) is 1.25. The lowest BCUT2D eigenvalue weighted by molar-refractivity contribution is 0.121. The summed E-state index contributed by atoms with van der Waals surface area (Å²) < 4.78 is 6.46. The molecule has 1 atom stereocenters. The van der Waals surface area contributed by atoms with Gasteiger partial charge in [0.25, 0.3) is 0 Å². The average Bonchev–Trinajstić information content (AvgIpc) is 2.88. The number of nitrogens with zero attached hydrogens (tertiary/aromatic N) is 2. The topological polar surface area (TPSA) is 37.4 Å². The first-order valence-corrected chi connectivity index (χ1v) is 7.66. The van der Waals surface area contributed by atoms with E-state index < -0.39 is 0 Å². The van der Waals surface area contributed by atoms with E-state index >= 15 is 0 Å². The second-order valence-corrected chi connectivity index (χ2v) is 5.82. The molecule has 106 valence electrons. The molecule has 1 aliphatic heterocycles. The molecule has 2 heterocycles. The van der Waals surface area contributed by atoms with Gasteiger partial charge in [-0.15, -0.1) is 0 Å². The van der Waals surface area contributed by atoms with E-state index in [-0.39, 0.29) is 0 Å². The van der Waals surface area contributed by atoms with Crippen molar-refractivity contribution in [3.05, 3.63) is 22.3 Å². The summed E-state index contributed by atoms with van der Waals surface area (Å²) in [6, 6.07) is 2.16. The van der Waals surface area contributed by atoms with Crippen LogP contribution in [0.1, 0.15) is 25.3 Å². The van der Waals surface area contributed by atoms with Crippen molar-refractivity contribution in [1.82, 2.24) is 10.3 Å². The van der Waals surface area contributed by atoms with Crippen molar-refractivity contribution in [3.63, 3.8) is 0 Å². The van der Waals surface area contributed by atoms with E-state index in [0.717, 1.165) is 49.3 Å². The summed E-state index contributed by atoms with van der Waals surface area (Å²) in [4.78, 5) is 6.91. The first-order chi connectivity index (χ1) is 9.24. The number of rotatable bonds is 6. The lowest BCUT2D eigenvalue weighted by Crippen LogP contribution is -2.25. The van der Waals surface area contributed by atoms with Gasteiger partial charge in [-0.05, 0) is 41.4 Å². The summed E-state index contributed by atoms with van der Waals surface area (Å²) in [6.07, 6.45) is 4.43. The number of anilines is 1. The zero-order valence-electron chi connectivity index (χ0n) is 11.7. The normalized spacial score (nSPS) is 19.1. The van der Waals surface area contributed by atoms with E-state index in [1.54, 1.807) is 7.11 Å². The van der Waals surface area contributed by atoms with Gasteiger partial charge in [0.05, 0.1) is 6.10 Å². The lowest BCUT2D eigenvalue weighted by Gasteiger charge is -2.21. The Hall–Kier alpha value is -0.650. The second-order valence-electron chi connectivity index (χ2n) is 4.91. The van der Waals surface area contributed by atoms with Crippen molar-refractivity contribution in [1.29, 1.82) is 0 Å². The summed E-state index contributed by atoms with van der Waals surface area (Å²) >= 11 is 3.51. The fourth-order valence-corrected chi connectivity index (χ4v) is 2.78. The third-order valence-electron chi connectivity index (χ3n) is 3.43. The number of aromatic nitrogens is 1. The molecule has 0 aliphatic carbocycles. The highest BCUT2D eigenvalue weighted by molar-refractivity contribution is 9.10. The van der Waals surface area contributed by atoms with Crippen molar-refractivity contribution < 1.29 is 4.74 Å². The quantitative estimate of drug-likeness (QED) is 0.815. The molecule has 0 amide bonds. The molecule has 5 heteroatoms. The Morgan fingerprint density at radius 1 is 1.58 bits per heavy atom. The van der Waals surface area contributed by atoms with Gasteiger partial charge in [0.2, 0.25) is 0 Å². The fourth-order valence-electron chi connectivity index (χ4n) is 2.40. The summed E-state index contributed by atoms with van der Waals surface area (Å²) in [6.45, 7) is 6.03. The van der Waals surface area contributed by atoms with E-state index in [4.69, 9.17) is 4.74 Å². The Balaban J connectivity index is 2.10. The third kappa shape index (κ3) is 3.91. The molecule has 0 bridgehead atoms. The van der Waals surface area contributed by atoms with Crippen molar-refractivity contribution in [2.24, 2.45) is 0 Å². The van der Waals surface area contributed by atoms with E-state index in [2.05, 4.69) is 44.1 Å². The summed E-state index contributed by atoms with van der Waals surface area (Å²) in [5, 5.41) is 3.45. The Bertz CT molecular complexity index is 414. The molecular formula is C14H22BrN3O. The van der Waals surface area contributed by atoms with Crippen molar-refractivity contribution in [2.75, 3.05) is 31.6 Å². The van der Waals surface area contributed by atoms with Crippen LogP contribution < -0.4 is 10.2 Å². The van der Waals surface area contributed by atoms with Gasteiger partial charge in [0.1, 0.15) is 5.82 Å². The van der Waals surface area contributed by atoms with Crippen molar-refractivity contribution in [3.8, 4) is 0 Å². The van der Waals surface area contributed by atoms with Gasteiger partial charge in [0, 0.05) is 43.0 Å². The minimum Gasteiger partial charge on any atom is -0.380 e. The molecule has 1 fully saturated rings. The Kier molecular flexibility index (Phi) is 5.60. The largest absolute Gasteiger partial charge is 0.380 e.